The van der Waals surface area contributed by atoms with Gasteiger partial charge in [-0.3, -0.25) is 4.79 Å². The van der Waals surface area contributed by atoms with Gasteiger partial charge in [-0.15, -0.1) is 10.2 Å². The quantitative estimate of drug-likeness (QED) is 0.641. The summed E-state index contributed by atoms with van der Waals surface area (Å²) in [5.41, 5.74) is 1.68. The zero-order valence-corrected chi connectivity index (χ0v) is 12.8. The topological polar surface area (TPSA) is 95.1 Å². The average Bonchev–Trinajstić information content (AvgIpc) is 2.84. The molecule has 3 N–H and O–H groups in total. The van der Waals surface area contributed by atoms with Crippen molar-refractivity contribution in [1.29, 1.82) is 0 Å². The molecule has 7 nitrogen and oxygen atoms in total. The molecule has 1 heterocycles. The molecule has 21 heavy (non-hydrogen) atoms. The molecule has 1 atom stereocenters. The molecule has 0 saturated heterocycles. The number of nitrogens with zero attached hydrogens (tertiary/aromatic N) is 3. The molecule has 0 unspecified atom stereocenters. The normalized spacial score (nSPS) is 12.0. The van der Waals surface area contributed by atoms with Gasteiger partial charge in [0.2, 0.25) is 11.1 Å². The number of ether oxygens (including phenoxy) is 1. The van der Waals surface area contributed by atoms with Gasteiger partial charge in [0.15, 0.2) is 0 Å². The first-order valence-electron chi connectivity index (χ1n) is 6.28. The second kappa shape index (κ2) is 6.49. The van der Waals surface area contributed by atoms with Crippen LogP contribution in [0.15, 0.2) is 29.7 Å². The molecule has 8 heteroatoms. The summed E-state index contributed by atoms with van der Waals surface area (Å²) in [7, 11) is 1.56. The van der Waals surface area contributed by atoms with E-state index in [0.717, 1.165) is 5.56 Å². The van der Waals surface area contributed by atoms with E-state index < -0.39 is 0 Å². The van der Waals surface area contributed by atoms with Crippen LogP contribution in [0.2, 0.25) is 0 Å². The van der Waals surface area contributed by atoms with Gasteiger partial charge in [-0.2, -0.15) is 0 Å². The predicted octanol–water partition coefficient (Wildman–Crippen LogP) is 1.43. The van der Waals surface area contributed by atoms with Crippen LogP contribution in [0.5, 0.6) is 5.75 Å². The number of nitrogens with one attached hydrogen (secondary N) is 1. The van der Waals surface area contributed by atoms with Crippen LogP contribution in [0, 0.1) is 6.92 Å². The molecule has 1 aromatic carbocycles. The Kier molecular flexibility index (Phi) is 4.69. The Morgan fingerprint density at radius 2 is 2.29 bits per heavy atom. The highest BCUT2D eigenvalue weighted by Gasteiger charge is 2.18. The van der Waals surface area contributed by atoms with Crippen molar-refractivity contribution in [3.8, 4) is 5.75 Å². The highest BCUT2D eigenvalue weighted by molar-refractivity contribution is 8.00. The first kappa shape index (κ1) is 15.2. The summed E-state index contributed by atoms with van der Waals surface area (Å²) < 4.78 is 6.52. The Morgan fingerprint density at radius 3 is 2.90 bits per heavy atom. The number of carbonyl (C=O) groups excluding carboxylic acids is 1. The van der Waals surface area contributed by atoms with Gasteiger partial charge in [0.25, 0.3) is 0 Å². The van der Waals surface area contributed by atoms with E-state index in [-0.39, 0.29) is 11.2 Å². The summed E-state index contributed by atoms with van der Waals surface area (Å²) in [6.07, 6.45) is 1.39. The summed E-state index contributed by atoms with van der Waals surface area (Å²) in [4.78, 5) is 12.2. The lowest BCUT2D eigenvalue weighted by Gasteiger charge is -2.14. The van der Waals surface area contributed by atoms with E-state index in [1.807, 2.05) is 25.1 Å². The van der Waals surface area contributed by atoms with Gasteiger partial charge in [0.05, 0.1) is 18.0 Å². The van der Waals surface area contributed by atoms with Gasteiger partial charge in [-0.05, 0) is 31.5 Å². The first-order valence-corrected chi connectivity index (χ1v) is 7.16. The number of aryl methyl sites for hydroxylation is 1. The van der Waals surface area contributed by atoms with E-state index in [0.29, 0.717) is 16.6 Å². The summed E-state index contributed by atoms with van der Waals surface area (Å²) >= 11 is 1.23. The number of thioether (sulfide) groups is 1. The zero-order valence-electron chi connectivity index (χ0n) is 12.0. The maximum atomic E-state index is 12.2. The number of benzene rings is 1. The van der Waals surface area contributed by atoms with Crippen LogP contribution in [0.4, 0.5) is 5.69 Å². The van der Waals surface area contributed by atoms with Gasteiger partial charge < -0.3 is 15.9 Å². The van der Waals surface area contributed by atoms with Crippen LogP contribution >= 0.6 is 11.8 Å². The van der Waals surface area contributed by atoms with Crippen molar-refractivity contribution in [3.05, 3.63) is 30.1 Å². The van der Waals surface area contributed by atoms with Gasteiger partial charge in [0, 0.05) is 0 Å². The van der Waals surface area contributed by atoms with E-state index in [9.17, 15) is 4.79 Å². The number of anilines is 1. The van der Waals surface area contributed by atoms with E-state index in [1.165, 1.54) is 22.8 Å². The van der Waals surface area contributed by atoms with Gasteiger partial charge in [-0.1, -0.05) is 17.8 Å². The number of carbonyl (C=O) groups is 1. The summed E-state index contributed by atoms with van der Waals surface area (Å²) in [6, 6.07) is 5.60. The molecule has 2 rings (SSSR count). The molecule has 0 saturated carbocycles. The van der Waals surface area contributed by atoms with Crippen molar-refractivity contribution < 1.29 is 9.53 Å². The Balaban J connectivity index is 2.07. The molecule has 2 aromatic rings. The third-order valence-corrected chi connectivity index (χ3v) is 3.88. The molecule has 0 aliphatic carbocycles. The maximum Gasteiger partial charge on any atom is 0.237 e. The van der Waals surface area contributed by atoms with Crippen molar-refractivity contribution in [2.24, 2.45) is 0 Å². The lowest BCUT2D eigenvalue weighted by molar-refractivity contribution is -0.115. The Bertz CT molecular complexity index is 643. The van der Waals surface area contributed by atoms with Gasteiger partial charge in [-0.25, -0.2) is 4.68 Å². The van der Waals surface area contributed by atoms with Crippen molar-refractivity contribution in [2.45, 2.75) is 24.3 Å². The molecule has 0 spiro atoms. The van der Waals surface area contributed by atoms with Crippen LogP contribution in [0.25, 0.3) is 0 Å². The van der Waals surface area contributed by atoms with E-state index >= 15 is 0 Å². The van der Waals surface area contributed by atoms with Crippen molar-refractivity contribution in [1.82, 2.24) is 14.9 Å². The fraction of sp³-hybridized carbons (Fsp3) is 0.308. The number of hydrogen-bond acceptors (Lipinski definition) is 6. The average molecular weight is 307 g/mol. The van der Waals surface area contributed by atoms with Gasteiger partial charge in [0.1, 0.15) is 12.1 Å². The Hall–Kier alpha value is -2.22. The van der Waals surface area contributed by atoms with Crippen LogP contribution in [-0.2, 0) is 4.79 Å². The molecule has 0 radical (unpaired) electrons. The Morgan fingerprint density at radius 1 is 1.52 bits per heavy atom. The smallest absolute Gasteiger partial charge is 0.237 e. The minimum atomic E-state index is -0.373. The number of hydrogen-bond donors (Lipinski definition) is 2. The Labute approximate surface area is 126 Å². The molecule has 112 valence electrons. The van der Waals surface area contributed by atoms with Crippen LogP contribution in [0.1, 0.15) is 12.5 Å². The second-order valence-electron chi connectivity index (χ2n) is 4.47. The summed E-state index contributed by atoms with van der Waals surface area (Å²) in [6.45, 7) is 3.72. The van der Waals surface area contributed by atoms with Crippen molar-refractivity contribution in [2.75, 3.05) is 18.3 Å². The molecule has 1 amide bonds. The number of aromatic nitrogens is 3. The molecule has 0 aliphatic heterocycles. The highest BCUT2D eigenvalue weighted by atomic mass is 32.2. The molecule has 0 bridgehead atoms. The largest absolute Gasteiger partial charge is 0.495 e. The molecule has 1 aromatic heterocycles. The van der Waals surface area contributed by atoms with Crippen LogP contribution in [-0.4, -0.2) is 33.1 Å². The zero-order chi connectivity index (χ0) is 15.4. The number of nitrogen functional groups attached to an aromatic ring is 1. The van der Waals surface area contributed by atoms with Gasteiger partial charge >= 0.3 is 0 Å². The SMILES string of the molecule is COc1ccc(C)cc1NC(=O)[C@H](C)Sc1nncn1N. The molecular formula is C13H17N5O2S. The highest BCUT2D eigenvalue weighted by Crippen LogP contribution is 2.27. The minimum absolute atomic E-state index is 0.160. The number of nitrogens with two attached hydrogens (primary N) is 1. The van der Waals surface area contributed by atoms with E-state index in [2.05, 4.69) is 15.5 Å². The maximum absolute atomic E-state index is 12.2. The lowest BCUT2D eigenvalue weighted by Crippen LogP contribution is -2.23. The van der Waals surface area contributed by atoms with E-state index in [4.69, 9.17) is 10.6 Å². The summed E-state index contributed by atoms with van der Waals surface area (Å²) in [5, 5.41) is 10.5. The van der Waals surface area contributed by atoms with Crippen LogP contribution < -0.4 is 15.9 Å². The molecular weight excluding hydrogens is 290 g/mol. The summed E-state index contributed by atoms with van der Waals surface area (Å²) in [5.74, 6) is 6.08. The number of methoxy groups -OCH3 is 1. The monoisotopic (exact) mass is 307 g/mol. The van der Waals surface area contributed by atoms with Crippen molar-refractivity contribution >= 4 is 23.4 Å². The van der Waals surface area contributed by atoms with Crippen LogP contribution in [0.3, 0.4) is 0 Å². The predicted molar refractivity (Wildman–Crippen MR) is 81.9 cm³/mol. The number of rotatable bonds is 5. The molecule has 0 aliphatic rings. The fourth-order valence-corrected chi connectivity index (χ4v) is 2.43. The molecule has 0 fully saturated rings. The minimum Gasteiger partial charge on any atom is -0.495 e. The standard InChI is InChI=1S/C13H17N5O2S/c1-8-4-5-11(20-3)10(6-8)16-12(19)9(2)21-13-17-15-7-18(13)14/h4-7,9H,14H2,1-3H3,(H,16,19)/t9-/m0/s1. The third kappa shape index (κ3) is 3.66. The van der Waals surface area contributed by atoms with E-state index in [1.54, 1.807) is 14.0 Å². The lowest BCUT2D eigenvalue weighted by atomic mass is 10.2. The fourth-order valence-electron chi connectivity index (χ4n) is 1.68. The second-order valence-corrected chi connectivity index (χ2v) is 5.78. The van der Waals surface area contributed by atoms with Crippen molar-refractivity contribution in [3.63, 3.8) is 0 Å². The first-order chi connectivity index (χ1) is 10.0. The number of amides is 1. The third-order valence-electron chi connectivity index (χ3n) is 2.80.